The molecule has 0 spiro atoms. The Balaban J connectivity index is 3.76. The molecule has 0 aliphatic rings. The van der Waals surface area contributed by atoms with Crippen LogP contribution in [0.15, 0.2) is 0 Å². The number of carbonyl (C=O) groups excluding carboxylic acids is 4. The maximum absolute atomic E-state index is 12.2. The Morgan fingerprint density at radius 2 is 1.04 bits per heavy atom. The Bertz CT molecular complexity index is 963. The predicted octanol–water partition coefficient (Wildman–Crippen LogP) is 3.27. The van der Waals surface area contributed by atoms with E-state index in [-0.39, 0.29) is 83.3 Å². The van der Waals surface area contributed by atoms with Gasteiger partial charge in [-0.1, -0.05) is 77.0 Å². The summed E-state index contributed by atoms with van der Waals surface area (Å²) in [5, 5.41) is 34.1. The van der Waals surface area contributed by atoms with Crippen molar-refractivity contribution < 1.29 is 58.4 Å². The number of hydrogen-bond acceptors (Lipinski definition) is 9. The molecule has 2 atom stereocenters. The summed E-state index contributed by atoms with van der Waals surface area (Å²) in [5.41, 5.74) is 0. The van der Waals surface area contributed by atoms with E-state index in [1.165, 1.54) is 38.5 Å². The first-order valence-corrected chi connectivity index (χ1v) is 17.6. The minimum Gasteiger partial charge on any atom is -0.481 e. The number of rotatable bonds is 35. The molecule has 0 aromatic carbocycles. The van der Waals surface area contributed by atoms with Crippen LogP contribution in [0, 0.1) is 0 Å². The van der Waals surface area contributed by atoms with E-state index < -0.39 is 35.9 Å². The Kier molecular flexibility index (Phi) is 29.3. The van der Waals surface area contributed by atoms with Crippen molar-refractivity contribution in [2.75, 3.05) is 33.0 Å². The Morgan fingerprint density at radius 1 is 0.531 bits per heavy atom. The largest absolute Gasteiger partial charge is 0.481 e. The number of carboxylic acids is 3. The van der Waals surface area contributed by atoms with Gasteiger partial charge in [-0.3, -0.25) is 28.8 Å². The summed E-state index contributed by atoms with van der Waals surface area (Å²) in [7, 11) is 0. The molecule has 0 aromatic rings. The highest BCUT2D eigenvalue weighted by molar-refractivity contribution is 5.84. The molecule has 0 saturated carbocycles. The van der Waals surface area contributed by atoms with E-state index in [0.717, 1.165) is 44.9 Å². The summed E-state index contributed by atoms with van der Waals surface area (Å²) in [4.78, 5) is 79.4. The third kappa shape index (κ3) is 31.4. The fourth-order valence-electron chi connectivity index (χ4n) is 4.88. The molecular formula is C34H58N3O12. The molecule has 1 radical (unpaired) electrons. The van der Waals surface area contributed by atoms with Crippen molar-refractivity contribution in [3.05, 3.63) is 0 Å². The first kappa shape index (κ1) is 45.4. The third-order valence-corrected chi connectivity index (χ3v) is 7.64. The van der Waals surface area contributed by atoms with Crippen LogP contribution in [0.1, 0.15) is 128 Å². The van der Waals surface area contributed by atoms with Gasteiger partial charge in [-0.15, -0.1) is 0 Å². The van der Waals surface area contributed by atoms with Gasteiger partial charge in [-0.2, -0.15) is 0 Å². The average Bonchev–Trinajstić information content (AvgIpc) is 3.05. The number of amides is 3. The molecule has 0 fully saturated rings. The van der Waals surface area contributed by atoms with Gasteiger partial charge < -0.3 is 40.7 Å². The van der Waals surface area contributed by atoms with E-state index >= 15 is 0 Å². The van der Waals surface area contributed by atoms with Gasteiger partial charge in [-0.05, 0) is 25.7 Å². The van der Waals surface area contributed by atoms with Crippen LogP contribution in [-0.2, 0) is 43.0 Å². The maximum Gasteiger partial charge on any atom is 0.326 e. The molecule has 0 unspecified atom stereocenters. The van der Waals surface area contributed by atoms with Crippen LogP contribution in [0.25, 0.3) is 0 Å². The zero-order valence-corrected chi connectivity index (χ0v) is 28.8. The van der Waals surface area contributed by atoms with Crippen molar-refractivity contribution >= 4 is 41.9 Å². The van der Waals surface area contributed by atoms with Crippen LogP contribution in [0.5, 0.6) is 0 Å². The second kappa shape index (κ2) is 31.7. The summed E-state index contributed by atoms with van der Waals surface area (Å²) >= 11 is 0. The smallest absolute Gasteiger partial charge is 0.326 e. The lowest BCUT2D eigenvalue weighted by atomic mass is 10.0. The summed E-state index contributed by atoms with van der Waals surface area (Å²) in [6.45, 7) is 0.159. The van der Waals surface area contributed by atoms with Gasteiger partial charge in [0, 0.05) is 32.2 Å². The van der Waals surface area contributed by atoms with E-state index in [1.807, 2.05) is 0 Å². The quantitative estimate of drug-likeness (QED) is 0.0523. The van der Waals surface area contributed by atoms with Crippen LogP contribution < -0.4 is 16.0 Å². The van der Waals surface area contributed by atoms with Gasteiger partial charge in [0.15, 0.2) is 0 Å². The first-order chi connectivity index (χ1) is 23.5. The zero-order chi connectivity index (χ0) is 36.5. The fraction of sp³-hybridized carbons (Fsp3) is 0.794. The molecular weight excluding hydrogens is 642 g/mol. The maximum atomic E-state index is 12.2. The highest BCUT2D eigenvalue weighted by Gasteiger charge is 2.21. The number of unbranched alkanes of at least 4 members (excludes halogenated alkanes) is 13. The van der Waals surface area contributed by atoms with Crippen molar-refractivity contribution in [3.63, 3.8) is 0 Å². The average molecular weight is 701 g/mol. The summed E-state index contributed by atoms with van der Waals surface area (Å²) in [6.07, 6.45) is 16.6. The highest BCUT2D eigenvalue weighted by atomic mass is 16.5. The fourth-order valence-corrected chi connectivity index (χ4v) is 4.88. The number of hydrogen-bond donors (Lipinski definition) is 6. The zero-order valence-electron chi connectivity index (χ0n) is 28.8. The normalized spacial score (nSPS) is 12.1. The van der Waals surface area contributed by atoms with Crippen LogP contribution >= 0.6 is 0 Å². The molecule has 0 aliphatic carbocycles. The molecule has 15 heteroatoms. The number of aliphatic carboxylic acids is 3. The Morgan fingerprint density at radius 3 is 1.55 bits per heavy atom. The first-order valence-electron chi connectivity index (χ1n) is 17.6. The molecule has 0 saturated heterocycles. The van der Waals surface area contributed by atoms with Gasteiger partial charge in [0.05, 0.1) is 25.9 Å². The number of carboxylic acid groups (broad SMARTS) is 3. The van der Waals surface area contributed by atoms with E-state index in [9.17, 15) is 38.7 Å². The third-order valence-electron chi connectivity index (χ3n) is 7.64. The van der Waals surface area contributed by atoms with Crippen LogP contribution in [-0.4, -0.2) is 102 Å². The van der Waals surface area contributed by atoms with Crippen molar-refractivity contribution in [1.82, 2.24) is 16.0 Å². The molecule has 0 bridgehead atoms. The van der Waals surface area contributed by atoms with Gasteiger partial charge in [-0.25, -0.2) is 4.79 Å². The molecule has 0 aromatic heterocycles. The second-order valence-electron chi connectivity index (χ2n) is 12.0. The van der Waals surface area contributed by atoms with Gasteiger partial charge >= 0.3 is 17.9 Å². The lowest BCUT2D eigenvalue weighted by molar-refractivity contribution is -0.142. The molecule has 3 amide bonds. The molecule has 281 valence electrons. The van der Waals surface area contributed by atoms with E-state index in [1.54, 1.807) is 6.29 Å². The number of carbonyl (C=O) groups is 6. The lowest BCUT2D eigenvalue weighted by Gasteiger charge is -2.14. The molecule has 6 N–H and O–H groups in total. The Labute approximate surface area is 289 Å². The minimum absolute atomic E-state index is 0.0461. The second-order valence-corrected chi connectivity index (χ2v) is 12.0. The summed E-state index contributed by atoms with van der Waals surface area (Å²) < 4.78 is 10.4. The SMILES string of the molecule is O=[C][C@H](CCC(=O)O)NC(=O)COCCOCCNC(=O)CC[C@H](NC(=O)CCCCCCCCCCCCCCCCC(=O)O)C(=O)O. The van der Waals surface area contributed by atoms with Crippen LogP contribution in [0.4, 0.5) is 0 Å². The van der Waals surface area contributed by atoms with E-state index in [4.69, 9.17) is 19.7 Å². The molecule has 49 heavy (non-hydrogen) atoms. The van der Waals surface area contributed by atoms with Crippen molar-refractivity contribution in [2.24, 2.45) is 0 Å². The molecule has 15 nitrogen and oxygen atoms in total. The topological polar surface area (TPSA) is 235 Å². The summed E-state index contributed by atoms with van der Waals surface area (Å²) in [6, 6.07) is -2.18. The van der Waals surface area contributed by atoms with Gasteiger partial charge in [0.2, 0.25) is 24.0 Å². The van der Waals surface area contributed by atoms with Gasteiger partial charge in [0.1, 0.15) is 12.6 Å². The predicted molar refractivity (Wildman–Crippen MR) is 179 cm³/mol. The van der Waals surface area contributed by atoms with Gasteiger partial charge in [0.25, 0.3) is 0 Å². The van der Waals surface area contributed by atoms with Crippen molar-refractivity contribution in [3.8, 4) is 0 Å². The van der Waals surface area contributed by atoms with E-state index in [0.29, 0.717) is 6.42 Å². The summed E-state index contributed by atoms with van der Waals surface area (Å²) in [5.74, 6) is -4.33. The molecule has 0 heterocycles. The Hall–Kier alpha value is -3.59. The monoisotopic (exact) mass is 700 g/mol. The lowest BCUT2D eigenvalue weighted by Crippen LogP contribution is -2.41. The molecule has 0 aliphatic heterocycles. The number of ether oxygens (including phenoxy) is 2. The molecule has 0 rings (SSSR count). The minimum atomic E-state index is -1.20. The van der Waals surface area contributed by atoms with Crippen molar-refractivity contribution in [2.45, 2.75) is 141 Å². The standard InChI is InChI=1S/C34H58N3O12/c38-25-27(17-20-33(44)45)36-31(41)26-49-24-23-48-22-21-35-29(39)19-18-28(34(46)47)37-30(40)15-13-11-9-7-5-3-1-2-4-6-8-10-12-14-16-32(42)43/h27-28H,1-24,26H2,(H,35,39)(H,36,41)(H,37,40)(H,42,43)(H,44,45)(H,46,47)/t27-,28-/m0/s1. The van der Waals surface area contributed by atoms with E-state index in [2.05, 4.69) is 16.0 Å². The van der Waals surface area contributed by atoms with Crippen LogP contribution in [0.2, 0.25) is 0 Å². The van der Waals surface area contributed by atoms with Crippen molar-refractivity contribution in [1.29, 1.82) is 0 Å². The highest BCUT2D eigenvalue weighted by Crippen LogP contribution is 2.14. The number of nitrogens with one attached hydrogen (secondary N) is 3. The van der Waals surface area contributed by atoms with Crippen LogP contribution in [0.3, 0.4) is 0 Å².